The average molecular weight is 364 g/mol. The van der Waals surface area contributed by atoms with Crippen LogP contribution in [0.4, 0.5) is 5.69 Å². The van der Waals surface area contributed by atoms with E-state index in [1.807, 2.05) is 12.1 Å². The van der Waals surface area contributed by atoms with E-state index in [-0.39, 0.29) is 11.8 Å². The predicted octanol–water partition coefficient (Wildman–Crippen LogP) is 3.42. The lowest BCUT2D eigenvalue weighted by Crippen LogP contribution is -2.39. The Morgan fingerprint density at radius 3 is 2.25 bits per heavy atom. The molecule has 0 aliphatic heterocycles. The Balaban J connectivity index is 1.64. The van der Waals surface area contributed by atoms with Gasteiger partial charge in [0.25, 0.3) is 0 Å². The smallest absolute Gasteiger partial charge is 0.240 e. The van der Waals surface area contributed by atoms with Crippen LogP contribution in [0.1, 0.15) is 18.4 Å². The van der Waals surface area contributed by atoms with Crippen LogP contribution in [0.15, 0.2) is 42.7 Å². The molecule has 1 aliphatic carbocycles. The normalized spacial score (nSPS) is 14.8. The van der Waals surface area contributed by atoms with Gasteiger partial charge in [0.2, 0.25) is 11.8 Å². The van der Waals surface area contributed by atoms with E-state index >= 15 is 0 Å². The van der Waals surface area contributed by atoms with Crippen molar-refractivity contribution < 1.29 is 9.59 Å². The molecule has 124 valence electrons. The SMILES string of the molecule is O=C(NCc1ccncc1)C1(C(=O)Nc2cc(Cl)cc(Cl)c2)CC1. The standard InChI is InChI=1S/C17H15Cl2N3O2/c18-12-7-13(19)9-14(8-12)22-16(24)17(3-4-17)15(23)21-10-11-1-5-20-6-2-11/h1-2,5-9H,3-4,10H2,(H,21,23)(H,22,24). The molecule has 1 aromatic heterocycles. The van der Waals surface area contributed by atoms with Crippen LogP contribution < -0.4 is 10.6 Å². The number of aromatic nitrogens is 1. The quantitative estimate of drug-likeness (QED) is 0.799. The van der Waals surface area contributed by atoms with Gasteiger partial charge in [0.1, 0.15) is 5.41 Å². The molecule has 0 atom stereocenters. The third-order valence-corrected chi connectivity index (χ3v) is 4.38. The molecular weight excluding hydrogens is 349 g/mol. The van der Waals surface area contributed by atoms with E-state index in [1.54, 1.807) is 30.6 Å². The Hall–Kier alpha value is -2.11. The second-order valence-corrected chi connectivity index (χ2v) is 6.61. The van der Waals surface area contributed by atoms with Crippen LogP contribution in [0.2, 0.25) is 10.0 Å². The first-order valence-electron chi connectivity index (χ1n) is 7.44. The van der Waals surface area contributed by atoms with Crippen LogP contribution in [0, 0.1) is 5.41 Å². The molecule has 24 heavy (non-hydrogen) atoms. The van der Waals surface area contributed by atoms with Gasteiger partial charge in [0.15, 0.2) is 0 Å². The van der Waals surface area contributed by atoms with E-state index in [2.05, 4.69) is 15.6 Å². The molecule has 3 rings (SSSR count). The first kappa shape index (κ1) is 16.7. The summed E-state index contributed by atoms with van der Waals surface area (Å²) in [6.07, 6.45) is 4.36. The first-order valence-corrected chi connectivity index (χ1v) is 8.20. The van der Waals surface area contributed by atoms with E-state index < -0.39 is 5.41 Å². The van der Waals surface area contributed by atoms with Crippen molar-refractivity contribution in [2.75, 3.05) is 5.32 Å². The van der Waals surface area contributed by atoms with Gasteiger partial charge in [-0.25, -0.2) is 0 Å². The van der Waals surface area contributed by atoms with Crippen molar-refractivity contribution in [3.8, 4) is 0 Å². The fraction of sp³-hybridized carbons (Fsp3) is 0.235. The van der Waals surface area contributed by atoms with Crippen LogP contribution >= 0.6 is 23.2 Å². The molecule has 2 amide bonds. The molecule has 7 heteroatoms. The Labute approximate surface area is 149 Å². The number of pyridine rings is 1. The Kier molecular flexibility index (Phi) is 4.73. The molecule has 0 saturated heterocycles. The van der Waals surface area contributed by atoms with Gasteiger partial charge in [-0.05, 0) is 48.7 Å². The van der Waals surface area contributed by atoms with Crippen LogP contribution in [-0.2, 0) is 16.1 Å². The van der Waals surface area contributed by atoms with Gasteiger partial charge in [0.05, 0.1) is 0 Å². The maximum atomic E-state index is 12.5. The zero-order valence-corrected chi connectivity index (χ0v) is 14.2. The molecule has 1 aromatic carbocycles. The summed E-state index contributed by atoms with van der Waals surface area (Å²) in [4.78, 5) is 28.9. The molecule has 1 saturated carbocycles. The molecule has 5 nitrogen and oxygen atoms in total. The predicted molar refractivity (Wildman–Crippen MR) is 92.8 cm³/mol. The topological polar surface area (TPSA) is 71.1 Å². The van der Waals surface area contributed by atoms with Crippen LogP contribution in [-0.4, -0.2) is 16.8 Å². The Morgan fingerprint density at radius 1 is 1.04 bits per heavy atom. The van der Waals surface area contributed by atoms with E-state index in [9.17, 15) is 9.59 Å². The molecule has 2 N–H and O–H groups in total. The number of rotatable bonds is 5. The fourth-order valence-corrected chi connectivity index (χ4v) is 2.94. The first-order chi connectivity index (χ1) is 11.5. The number of halogens is 2. The van der Waals surface area contributed by atoms with Crippen molar-refractivity contribution in [2.45, 2.75) is 19.4 Å². The monoisotopic (exact) mass is 363 g/mol. The molecule has 0 radical (unpaired) electrons. The highest BCUT2D eigenvalue weighted by Crippen LogP contribution is 2.47. The van der Waals surface area contributed by atoms with E-state index in [1.165, 1.54) is 0 Å². The lowest BCUT2D eigenvalue weighted by atomic mass is 10.0. The van der Waals surface area contributed by atoms with Crippen LogP contribution in [0.25, 0.3) is 0 Å². The van der Waals surface area contributed by atoms with Crippen molar-refractivity contribution >= 4 is 40.7 Å². The highest BCUT2D eigenvalue weighted by Gasteiger charge is 2.56. The van der Waals surface area contributed by atoms with Crippen molar-refractivity contribution in [3.05, 3.63) is 58.3 Å². The second-order valence-electron chi connectivity index (χ2n) is 5.73. The molecule has 1 fully saturated rings. The van der Waals surface area contributed by atoms with Gasteiger partial charge in [0, 0.05) is 34.7 Å². The summed E-state index contributed by atoms with van der Waals surface area (Å²) in [7, 11) is 0. The van der Waals surface area contributed by atoms with Crippen LogP contribution in [0.3, 0.4) is 0 Å². The maximum absolute atomic E-state index is 12.5. The lowest BCUT2D eigenvalue weighted by molar-refractivity contribution is -0.134. The lowest BCUT2D eigenvalue weighted by Gasteiger charge is -2.16. The summed E-state index contributed by atoms with van der Waals surface area (Å²) >= 11 is 11.8. The molecule has 1 aliphatic rings. The summed E-state index contributed by atoms with van der Waals surface area (Å²) < 4.78 is 0. The van der Waals surface area contributed by atoms with Crippen molar-refractivity contribution in [2.24, 2.45) is 5.41 Å². The van der Waals surface area contributed by atoms with E-state index in [4.69, 9.17) is 23.2 Å². The number of hydrogen-bond donors (Lipinski definition) is 2. The number of carbonyl (C=O) groups excluding carboxylic acids is 2. The Morgan fingerprint density at radius 2 is 1.67 bits per heavy atom. The summed E-state index contributed by atoms with van der Waals surface area (Å²) in [5.41, 5.74) is 0.392. The molecule has 2 aromatic rings. The van der Waals surface area contributed by atoms with Crippen molar-refractivity contribution in [1.29, 1.82) is 0 Å². The highest BCUT2D eigenvalue weighted by atomic mass is 35.5. The Bertz CT molecular complexity index is 756. The second kappa shape index (κ2) is 6.79. The van der Waals surface area contributed by atoms with Gasteiger partial charge < -0.3 is 10.6 Å². The molecule has 0 bridgehead atoms. The number of amides is 2. The number of nitrogens with zero attached hydrogens (tertiary/aromatic N) is 1. The number of hydrogen-bond acceptors (Lipinski definition) is 3. The summed E-state index contributed by atoms with van der Waals surface area (Å²) in [6.45, 7) is 0.360. The molecule has 0 spiro atoms. The highest BCUT2D eigenvalue weighted by molar-refractivity contribution is 6.35. The third-order valence-electron chi connectivity index (χ3n) is 3.94. The number of anilines is 1. The maximum Gasteiger partial charge on any atom is 0.240 e. The van der Waals surface area contributed by atoms with E-state index in [0.29, 0.717) is 35.1 Å². The summed E-state index contributed by atoms with van der Waals surface area (Å²) in [6, 6.07) is 8.39. The minimum Gasteiger partial charge on any atom is -0.351 e. The average Bonchev–Trinajstić information content (AvgIpc) is 3.34. The van der Waals surface area contributed by atoms with Gasteiger partial charge in [-0.3, -0.25) is 14.6 Å². The number of carbonyl (C=O) groups is 2. The van der Waals surface area contributed by atoms with Crippen LogP contribution in [0.5, 0.6) is 0 Å². The largest absolute Gasteiger partial charge is 0.351 e. The third kappa shape index (κ3) is 3.68. The minimum atomic E-state index is -1.01. The summed E-state index contributed by atoms with van der Waals surface area (Å²) in [5, 5.41) is 6.38. The zero-order chi connectivity index (χ0) is 17.2. The number of benzene rings is 1. The van der Waals surface area contributed by atoms with Crippen molar-refractivity contribution in [3.63, 3.8) is 0 Å². The minimum absolute atomic E-state index is 0.273. The summed E-state index contributed by atoms with van der Waals surface area (Å²) in [5.74, 6) is -0.613. The van der Waals surface area contributed by atoms with Gasteiger partial charge in [-0.15, -0.1) is 0 Å². The van der Waals surface area contributed by atoms with Gasteiger partial charge in [-0.2, -0.15) is 0 Å². The zero-order valence-electron chi connectivity index (χ0n) is 12.7. The number of nitrogens with one attached hydrogen (secondary N) is 2. The van der Waals surface area contributed by atoms with Gasteiger partial charge in [-0.1, -0.05) is 23.2 Å². The molecular formula is C17H15Cl2N3O2. The fourth-order valence-electron chi connectivity index (χ4n) is 2.41. The van der Waals surface area contributed by atoms with E-state index in [0.717, 1.165) is 5.56 Å². The van der Waals surface area contributed by atoms with Crippen molar-refractivity contribution in [1.82, 2.24) is 10.3 Å². The van der Waals surface area contributed by atoms with Gasteiger partial charge >= 0.3 is 0 Å². The molecule has 1 heterocycles. The molecule has 0 unspecified atom stereocenters.